The highest BCUT2D eigenvalue weighted by molar-refractivity contribution is 7.90. The molecule has 1 N–H and O–H groups in total. The van der Waals surface area contributed by atoms with Gasteiger partial charge in [0, 0.05) is 29.9 Å². The van der Waals surface area contributed by atoms with E-state index in [4.69, 9.17) is 0 Å². The van der Waals surface area contributed by atoms with E-state index in [0.29, 0.717) is 0 Å². The summed E-state index contributed by atoms with van der Waals surface area (Å²) in [6.07, 6.45) is 4.57. The van der Waals surface area contributed by atoms with Crippen LogP contribution in [-0.2, 0) is 10.0 Å². The molecule has 3 rings (SSSR count). The van der Waals surface area contributed by atoms with Gasteiger partial charge >= 0.3 is 0 Å². The van der Waals surface area contributed by atoms with Crippen molar-refractivity contribution in [2.24, 2.45) is 0 Å². The summed E-state index contributed by atoms with van der Waals surface area (Å²) in [5, 5.41) is -0.389. The first kappa shape index (κ1) is 16.1. The molecule has 122 valence electrons. The number of aryl methyl sites for hydroxylation is 1. The number of nitrogens with one attached hydrogen (secondary N) is 1. The lowest BCUT2D eigenvalue weighted by Crippen LogP contribution is -2.33. The summed E-state index contributed by atoms with van der Waals surface area (Å²) in [4.78, 5) is 4.22. The van der Waals surface area contributed by atoms with E-state index in [0.717, 1.165) is 23.1 Å². The average Bonchev–Trinajstić information content (AvgIpc) is 3.25. The lowest BCUT2D eigenvalue weighted by molar-refractivity contribution is 0.571. The predicted octanol–water partition coefficient (Wildman–Crippen LogP) is 3.24. The zero-order valence-corrected chi connectivity index (χ0v) is 14.5. The Hall–Kier alpha value is -1.72. The number of sulfonamides is 1. The van der Waals surface area contributed by atoms with Crippen LogP contribution in [0.25, 0.3) is 11.1 Å². The first-order valence-electron chi connectivity index (χ1n) is 7.90. The van der Waals surface area contributed by atoms with Gasteiger partial charge in [0.1, 0.15) is 0 Å². The van der Waals surface area contributed by atoms with Gasteiger partial charge in [0.25, 0.3) is 0 Å². The Morgan fingerprint density at radius 1 is 1.13 bits per heavy atom. The number of pyridine rings is 1. The Balaban J connectivity index is 1.70. The Bertz CT molecular complexity index is 798. The third-order valence-corrected chi connectivity index (χ3v) is 6.15. The Morgan fingerprint density at radius 2 is 1.83 bits per heavy atom. The molecule has 5 heteroatoms. The van der Waals surface area contributed by atoms with Crippen LogP contribution in [0.1, 0.15) is 37.3 Å². The van der Waals surface area contributed by atoms with Crippen molar-refractivity contribution in [1.82, 2.24) is 9.71 Å². The van der Waals surface area contributed by atoms with Gasteiger partial charge in [0.05, 0.1) is 5.25 Å². The molecule has 0 aliphatic heterocycles. The highest BCUT2D eigenvalue weighted by Crippen LogP contribution is 2.41. The highest BCUT2D eigenvalue weighted by atomic mass is 32.2. The molecule has 2 unspecified atom stereocenters. The molecule has 1 heterocycles. The van der Waals surface area contributed by atoms with Gasteiger partial charge in [-0.15, -0.1) is 0 Å². The molecule has 1 saturated carbocycles. The second-order valence-corrected chi connectivity index (χ2v) is 8.80. The monoisotopic (exact) mass is 330 g/mol. The number of hydrogen-bond donors (Lipinski definition) is 1. The van der Waals surface area contributed by atoms with E-state index < -0.39 is 10.0 Å². The van der Waals surface area contributed by atoms with Gasteiger partial charge < -0.3 is 0 Å². The van der Waals surface area contributed by atoms with Gasteiger partial charge in [-0.25, -0.2) is 13.1 Å². The van der Waals surface area contributed by atoms with Crippen molar-refractivity contribution in [3.05, 3.63) is 53.9 Å². The first-order valence-corrected chi connectivity index (χ1v) is 9.44. The summed E-state index contributed by atoms with van der Waals surface area (Å²) in [5.74, 6) is 0.285. The minimum absolute atomic E-state index is 0.0360. The molecule has 0 amide bonds. The maximum atomic E-state index is 11.9. The fraction of sp³-hybridized carbons (Fsp3) is 0.389. The van der Waals surface area contributed by atoms with Gasteiger partial charge in [0.2, 0.25) is 10.0 Å². The smallest absolute Gasteiger partial charge is 0.214 e. The summed E-state index contributed by atoms with van der Waals surface area (Å²) < 4.78 is 26.6. The standard InChI is InChI=1S/C18H22N2O2S/c1-12(2)23(21,22)20-18-9-17(18)15-6-4-14(5-7-15)16-8-13(3)10-19-11-16/h4-8,10-12,17-18,20H,9H2,1-3H3. The molecule has 0 bridgehead atoms. The molecule has 0 radical (unpaired) electrons. The van der Waals surface area contributed by atoms with Crippen molar-refractivity contribution in [3.63, 3.8) is 0 Å². The fourth-order valence-corrected chi connectivity index (χ4v) is 3.63. The molecular formula is C18H22N2O2S. The van der Waals surface area contributed by atoms with E-state index in [1.165, 1.54) is 5.56 Å². The fourth-order valence-electron chi connectivity index (χ4n) is 2.68. The van der Waals surface area contributed by atoms with E-state index in [2.05, 4.69) is 40.0 Å². The van der Waals surface area contributed by atoms with Crippen molar-refractivity contribution in [2.45, 2.75) is 44.4 Å². The molecule has 1 aliphatic carbocycles. The first-order chi connectivity index (χ1) is 10.9. The van der Waals surface area contributed by atoms with Crippen molar-refractivity contribution in [3.8, 4) is 11.1 Å². The summed E-state index contributed by atoms with van der Waals surface area (Å²) in [5.41, 5.74) is 4.55. The van der Waals surface area contributed by atoms with Crippen LogP contribution in [0.4, 0.5) is 0 Å². The lowest BCUT2D eigenvalue weighted by atomic mass is 10.0. The number of aromatic nitrogens is 1. The SMILES string of the molecule is Cc1cncc(-c2ccc(C3CC3NS(=O)(=O)C(C)C)cc2)c1. The van der Waals surface area contributed by atoms with E-state index in [1.807, 2.05) is 19.3 Å². The van der Waals surface area contributed by atoms with Crippen LogP contribution in [-0.4, -0.2) is 24.7 Å². The number of rotatable bonds is 5. The number of nitrogens with zero attached hydrogens (tertiary/aromatic N) is 1. The molecular weight excluding hydrogens is 308 g/mol. The summed E-state index contributed by atoms with van der Waals surface area (Å²) in [7, 11) is -3.19. The van der Waals surface area contributed by atoms with Crippen molar-refractivity contribution >= 4 is 10.0 Å². The lowest BCUT2D eigenvalue weighted by Gasteiger charge is -2.09. The van der Waals surface area contributed by atoms with Crippen molar-refractivity contribution < 1.29 is 8.42 Å². The van der Waals surface area contributed by atoms with Gasteiger partial charge in [-0.2, -0.15) is 0 Å². The molecule has 4 nitrogen and oxygen atoms in total. The van der Waals surface area contributed by atoms with Crippen LogP contribution < -0.4 is 4.72 Å². The van der Waals surface area contributed by atoms with Crippen LogP contribution in [0.15, 0.2) is 42.7 Å². The molecule has 1 aromatic heterocycles. The third kappa shape index (κ3) is 3.62. The predicted molar refractivity (Wildman–Crippen MR) is 92.7 cm³/mol. The Morgan fingerprint density at radius 3 is 2.43 bits per heavy atom. The number of hydrogen-bond acceptors (Lipinski definition) is 3. The molecule has 2 aromatic rings. The van der Waals surface area contributed by atoms with E-state index in [9.17, 15) is 8.42 Å². The minimum Gasteiger partial charge on any atom is -0.264 e. The zero-order chi connectivity index (χ0) is 16.6. The van der Waals surface area contributed by atoms with E-state index in [-0.39, 0.29) is 17.2 Å². The summed E-state index contributed by atoms with van der Waals surface area (Å²) in [6, 6.07) is 10.5. The summed E-state index contributed by atoms with van der Waals surface area (Å²) >= 11 is 0. The van der Waals surface area contributed by atoms with Crippen LogP contribution in [0, 0.1) is 6.92 Å². The van der Waals surface area contributed by atoms with Crippen LogP contribution in [0.5, 0.6) is 0 Å². The van der Waals surface area contributed by atoms with Gasteiger partial charge in [0.15, 0.2) is 0 Å². The van der Waals surface area contributed by atoms with Crippen LogP contribution in [0.2, 0.25) is 0 Å². The van der Waals surface area contributed by atoms with Crippen LogP contribution in [0.3, 0.4) is 0 Å². The van der Waals surface area contributed by atoms with Crippen molar-refractivity contribution in [2.75, 3.05) is 0 Å². The Kier molecular flexibility index (Phi) is 4.25. The topological polar surface area (TPSA) is 59.1 Å². The van der Waals surface area contributed by atoms with Crippen LogP contribution >= 0.6 is 0 Å². The maximum Gasteiger partial charge on any atom is 0.214 e. The second-order valence-electron chi connectivity index (χ2n) is 6.53. The van der Waals surface area contributed by atoms with E-state index >= 15 is 0 Å². The summed E-state index contributed by atoms with van der Waals surface area (Å²) in [6.45, 7) is 5.43. The molecule has 0 saturated heterocycles. The largest absolute Gasteiger partial charge is 0.264 e. The molecule has 23 heavy (non-hydrogen) atoms. The molecule has 2 atom stereocenters. The van der Waals surface area contributed by atoms with E-state index in [1.54, 1.807) is 13.8 Å². The molecule has 1 fully saturated rings. The highest BCUT2D eigenvalue weighted by Gasteiger charge is 2.41. The van der Waals surface area contributed by atoms with Gasteiger partial charge in [-0.3, -0.25) is 4.98 Å². The zero-order valence-electron chi connectivity index (χ0n) is 13.7. The quantitative estimate of drug-likeness (QED) is 0.915. The van der Waals surface area contributed by atoms with Crippen molar-refractivity contribution in [1.29, 1.82) is 0 Å². The maximum absolute atomic E-state index is 11.9. The van der Waals surface area contributed by atoms with Gasteiger partial charge in [-0.05, 0) is 49.9 Å². The Labute approximate surface area is 138 Å². The third-order valence-electron chi connectivity index (χ3n) is 4.27. The molecule has 1 aliphatic rings. The number of benzene rings is 1. The molecule has 1 aromatic carbocycles. The average molecular weight is 330 g/mol. The van der Waals surface area contributed by atoms with Gasteiger partial charge in [-0.1, -0.05) is 24.3 Å². The molecule has 0 spiro atoms. The normalized spacial score (nSPS) is 20.7. The minimum atomic E-state index is -3.19. The second kappa shape index (κ2) is 6.06.